The van der Waals surface area contributed by atoms with Crippen molar-refractivity contribution < 1.29 is 14.2 Å². The number of nitrogens with one attached hydrogen (secondary N) is 1. The Morgan fingerprint density at radius 3 is 2.68 bits per heavy atom. The van der Waals surface area contributed by atoms with Crippen molar-refractivity contribution in [1.82, 2.24) is 15.0 Å². The topological polar surface area (TPSA) is 78.4 Å². The molecule has 1 aromatic heterocycles. The van der Waals surface area contributed by atoms with Crippen molar-refractivity contribution in [3.05, 3.63) is 0 Å². The summed E-state index contributed by atoms with van der Waals surface area (Å²) in [7, 11) is 1.74. The van der Waals surface area contributed by atoms with E-state index in [1.165, 1.54) is 0 Å². The molecule has 1 aliphatic rings. The summed E-state index contributed by atoms with van der Waals surface area (Å²) in [5.74, 6) is 0.855. The van der Waals surface area contributed by atoms with Gasteiger partial charge < -0.3 is 19.5 Å². The predicted octanol–water partition coefficient (Wildman–Crippen LogP) is 1.12. The standard InChI is InChI=1S/C12H20N4O3/c1-3-5-18-11-14-10(13-2)15-12(16-11)19-8-9-4-6-17-7-9/h9H,3-8H2,1-2H3,(H,13,14,15,16). The maximum Gasteiger partial charge on any atom is 0.324 e. The first-order chi connectivity index (χ1) is 9.31. The third-order valence-corrected chi connectivity index (χ3v) is 2.73. The van der Waals surface area contributed by atoms with Gasteiger partial charge in [0.15, 0.2) is 0 Å². The Bertz CT molecular complexity index is 397. The number of ether oxygens (including phenoxy) is 3. The second kappa shape index (κ2) is 7.08. The number of anilines is 1. The molecule has 1 aromatic rings. The molecule has 0 spiro atoms. The minimum absolute atomic E-state index is 0.289. The van der Waals surface area contributed by atoms with Crippen molar-refractivity contribution in [2.45, 2.75) is 19.8 Å². The molecule has 2 rings (SSSR count). The minimum atomic E-state index is 0.289. The van der Waals surface area contributed by atoms with Gasteiger partial charge in [-0.1, -0.05) is 6.92 Å². The van der Waals surface area contributed by atoms with Crippen molar-refractivity contribution in [2.75, 3.05) is 38.8 Å². The molecule has 106 valence electrons. The maximum atomic E-state index is 5.59. The lowest BCUT2D eigenvalue weighted by Crippen LogP contribution is -2.14. The third kappa shape index (κ3) is 4.20. The van der Waals surface area contributed by atoms with Crippen LogP contribution in [0.15, 0.2) is 0 Å². The monoisotopic (exact) mass is 268 g/mol. The zero-order valence-corrected chi connectivity index (χ0v) is 11.4. The molecule has 1 atom stereocenters. The predicted molar refractivity (Wildman–Crippen MR) is 69.6 cm³/mol. The zero-order valence-electron chi connectivity index (χ0n) is 11.4. The fraction of sp³-hybridized carbons (Fsp3) is 0.750. The van der Waals surface area contributed by atoms with Gasteiger partial charge in [0.05, 0.1) is 19.8 Å². The van der Waals surface area contributed by atoms with Crippen molar-refractivity contribution in [2.24, 2.45) is 5.92 Å². The summed E-state index contributed by atoms with van der Waals surface area (Å²) in [6, 6.07) is 0.580. The first-order valence-corrected chi connectivity index (χ1v) is 6.59. The Labute approximate surface area is 112 Å². The van der Waals surface area contributed by atoms with Crippen LogP contribution in [0.2, 0.25) is 0 Å². The second-order valence-electron chi connectivity index (χ2n) is 4.36. The van der Waals surface area contributed by atoms with Crippen LogP contribution >= 0.6 is 0 Å². The van der Waals surface area contributed by atoms with Crippen molar-refractivity contribution in [3.8, 4) is 12.0 Å². The fourth-order valence-electron chi connectivity index (χ4n) is 1.68. The van der Waals surface area contributed by atoms with Crippen LogP contribution in [0.5, 0.6) is 12.0 Å². The minimum Gasteiger partial charge on any atom is -0.463 e. The molecule has 0 bridgehead atoms. The van der Waals surface area contributed by atoms with Gasteiger partial charge in [0.25, 0.3) is 0 Å². The quantitative estimate of drug-likeness (QED) is 0.793. The van der Waals surface area contributed by atoms with E-state index in [1.807, 2.05) is 6.92 Å². The van der Waals surface area contributed by atoms with Gasteiger partial charge in [-0.15, -0.1) is 4.98 Å². The van der Waals surface area contributed by atoms with E-state index in [2.05, 4.69) is 20.3 Å². The Morgan fingerprint density at radius 1 is 1.26 bits per heavy atom. The van der Waals surface area contributed by atoms with Gasteiger partial charge in [-0.3, -0.25) is 0 Å². The molecule has 7 heteroatoms. The van der Waals surface area contributed by atoms with E-state index < -0.39 is 0 Å². The van der Waals surface area contributed by atoms with Crippen LogP contribution in [0.4, 0.5) is 5.95 Å². The summed E-state index contributed by atoms with van der Waals surface area (Å²) in [6.07, 6.45) is 1.92. The van der Waals surface area contributed by atoms with Crippen molar-refractivity contribution in [3.63, 3.8) is 0 Å². The van der Waals surface area contributed by atoms with Crippen LogP contribution in [-0.4, -0.2) is 48.4 Å². The van der Waals surface area contributed by atoms with Gasteiger partial charge >= 0.3 is 12.0 Å². The van der Waals surface area contributed by atoms with E-state index in [0.717, 1.165) is 26.1 Å². The Balaban J connectivity index is 1.96. The molecular weight excluding hydrogens is 248 g/mol. The molecule has 1 aliphatic heterocycles. The number of nitrogens with zero attached hydrogens (tertiary/aromatic N) is 3. The van der Waals surface area contributed by atoms with E-state index >= 15 is 0 Å². The zero-order chi connectivity index (χ0) is 13.5. The third-order valence-electron chi connectivity index (χ3n) is 2.73. The van der Waals surface area contributed by atoms with Crippen LogP contribution in [0, 0.1) is 5.92 Å². The summed E-state index contributed by atoms with van der Waals surface area (Å²) < 4.78 is 16.3. The number of rotatable bonds is 7. The van der Waals surface area contributed by atoms with E-state index in [1.54, 1.807) is 7.05 Å². The first kappa shape index (κ1) is 13.8. The van der Waals surface area contributed by atoms with Gasteiger partial charge in [0.1, 0.15) is 0 Å². The molecule has 2 heterocycles. The van der Waals surface area contributed by atoms with Crippen molar-refractivity contribution in [1.29, 1.82) is 0 Å². The number of hydrogen-bond acceptors (Lipinski definition) is 7. The SMILES string of the molecule is CCCOc1nc(NC)nc(OCC2CCOC2)n1. The summed E-state index contributed by atoms with van der Waals surface area (Å²) in [5.41, 5.74) is 0. The Hall–Kier alpha value is -1.63. The summed E-state index contributed by atoms with van der Waals surface area (Å²) in [6.45, 7) is 4.70. The molecule has 1 unspecified atom stereocenters. The lowest BCUT2D eigenvalue weighted by Gasteiger charge is -2.10. The smallest absolute Gasteiger partial charge is 0.324 e. The van der Waals surface area contributed by atoms with Crippen LogP contribution in [0.3, 0.4) is 0 Å². The molecule has 7 nitrogen and oxygen atoms in total. The highest BCUT2D eigenvalue weighted by molar-refractivity contribution is 5.26. The second-order valence-corrected chi connectivity index (χ2v) is 4.36. The highest BCUT2D eigenvalue weighted by atomic mass is 16.5. The molecule has 0 aliphatic carbocycles. The Morgan fingerprint density at radius 2 is 2.05 bits per heavy atom. The largest absolute Gasteiger partial charge is 0.463 e. The average Bonchev–Trinajstić information content (AvgIpc) is 2.96. The highest BCUT2D eigenvalue weighted by Gasteiger charge is 2.17. The molecule has 0 radical (unpaired) electrons. The molecule has 0 amide bonds. The summed E-state index contributed by atoms with van der Waals surface area (Å²) in [4.78, 5) is 12.4. The lowest BCUT2D eigenvalue weighted by atomic mass is 10.1. The van der Waals surface area contributed by atoms with E-state index in [0.29, 0.717) is 31.1 Å². The molecule has 0 aromatic carbocycles. The van der Waals surface area contributed by atoms with Gasteiger partial charge in [-0.25, -0.2) is 0 Å². The molecule has 1 fully saturated rings. The summed E-state index contributed by atoms with van der Waals surface area (Å²) in [5, 5.41) is 2.87. The number of aromatic nitrogens is 3. The molecular formula is C12H20N4O3. The van der Waals surface area contributed by atoms with Crippen LogP contribution in [0.25, 0.3) is 0 Å². The van der Waals surface area contributed by atoms with Crippen LogP contribution in [-0.2, 0) is 4.74 Å². The summed E-state index contributed by atoms with van der Waals surface area (Å²) >= 11 is 0. The lowest BCUT2D eigenvalue weighted by molar-refractivity contribution is 0.162. The van der Waals surface area contributed by atoms with E-state index in [4.69, 9.17) is 14.2 Å². The van der Waals surface area contributed by atoms with Crippen molar-refractivity contribution >= 4 is 5.95 Å². The molecule has 1 N–H and O–H groups in total. The van der Waals surface area contributed by atoms with E-state index in [-0.39, 0.29) is 6.01 Å². The molecule has 19 heavy (non-hydrogen) atoms. The highest BCUT2D eigenvalue weighted by Crippen LogP contribution is 2.16. The normalized spacial score (nSPS) is 18.3. The van der Waals surface area contributed by atoms with Crippen LogP contribution < -0.4 is 14.8 Å². The Kier molecular flexibility index (Phi) is 5.14. The van der Waals surface area contributed by atoms with Gasteiger partial charge in [-0.05, 0) is 12.8 Å². The molecule has 0 saturated carbocycles. The van der Waals surface area contributed by atoms with Gasteiger partial charge in [0.2, 0.25) is 5.95 Å². The molecule has 1 saturated heterocycles. The number of hydrogen-bond donors (Lipinski definition) is 1. The first-order valence-electron chi connectivity index (χ1n) is 6.59. The van der Waals surface area contributed by atoms with Gasteiger partial charge in [-0.2, -0.15) is 9.97 Å². The van der Waals surface area contributed by atoms with Crippen LogP contribution in [0.1, 0.15) is 19.8 Å². The van der Waals surface area contributed by atoms with E-state index in [9.17, 15) is 0 Å². The fourth-order valence-corrected chi connectivity index (χ4v) is 1.68. The van der Waals surface area contributed by atoms with Gasteiger partial charge in [0, 0.05) is 19.6 Å². The maximum absolute atomic E-state index is 5.59. The average molecular weight is 268 g/mol.